The van der Waals surface area contributed by atoms with E-state index in [0.717, 1.165) is 37.3 Å². The van der Waals surface area contributed by atoms with Crippen LogP contribution in [0.5, 0.6) is 0 Å². The fraction of sp³-hybridized carbons (Fsp3) is 0.412. The first kappa shape index (κ1) is 14.8. The topological polar surface area (TPSA) is 67.2 Å². The molecule has 116 valence electrons. The molecule has 2 aromatic rings. The van der Waals surface area contributed by atoms with Gasteiger partial charge in [-0.3, -0.25) is 4.79 Å². The minimum Gasteiger partial charge on any atom is -0.441 e. The van der Waals surface area contributed by atoms with Crippen LogP contribution in [0.15, 0.2) is 40.9 Å². The summed E-state index contributed by atoms with van der Waals surface area (Å²) in [4.78, 5) is 16.2. The standard InChI is InChI=1S/C17H21N3O2/c21-16(20-14-7-4-10-18-11-14)8-9-17-19-12-15(22-17)13-5-2-1-3-6-13/h1-3,5-6,12,14,18H,4,7-11H2,(H,20,21). The monoisotopic (exact) mass is 299 g/mol. The number of hydrogen-bond donors (Lipinski definition) is 2. The highest BCUT2D eigenvalue weighted by molar-refractivity contribution is 5.76. The van der Waals surface area contributed by atoms with E-state index in [0.29, 0.717) is 18.7 Å². The van der Waals surface area contributed by atoms with Crippen molar-refractivity contribution in [3.8, 4) is 11.3 Å². The van der Waals surface area contributed by atoms with Gasteiger partial charge >= 0.3 is 0 Å². The number of carbonyl (C=O) groups is 1. The summed E-state index contributed by atoms with van der Waals surface area (Å²) in [5.74, 6) is 1.41. The fourth-order valence-electron chi connectivity index (χ4n) is 2.66. The number of aryl methyl sites for hydroxylation is 1. The SMILES string of the molecule is O=C(CCc1ncc(-c2ccccc2)o1)NC1CCCNC1. The number of hydrogen-bond acceptors (Lipinski definition) is 4. The molecule has 1 unspecified atom stereocenters. The highest BCUT2D eigenvalue weighted by Crippen LogP contribution is 2.20. The molecular formula is C17H21N3O2. The van der Waals surface area contributed by atoms with E-state index in [1.165, 1.54) is 0 Å². The molecule has 5 nitrogen and oxygen atoms in total. The number of piperidine rings is 1. The second kappa shape index (κ2) is 7.22. The predicted molar refractivity (Wildman–Crippen MR) is 84.3 cm³/mol. The molecule has 3 rings (SSSR count). The number of oxazole rings is 1. The molecule has 5 heteroatoms. The van der Waals surface area contributed by atoms with Gasteiger partial charge in [-0.05, 0) is 19.4 Å². The highest BCUT2D eigenvalue weighted by Gasteiger charge is 2.15. The number of nitrogens with one attached hydrogen (secondary N) is 2. The first-order valence-corrected chi connectivity index (χ1v) is 7.81. The minimum absolute atomic E-state index is 0.0631. The molecule has 0 bridgehead atoms. The molecule has 1 aliphatic rings. The molecule has 1 aliphatic heterocycles. The van der Waals surface area contributed by atoms with Crippen LogP contribution in [-0.4, -0.2) is 30.0 Å². The van der Waals surface area contributed by atoms with Crippen molar-refractivity contribution in [3.63, 3.8) is 0 Å². The zero-order valence-electron chi connectivity index (χ0n) is 12.5. The van der Waals surface area contributed by atoms with Crippen LogP contribution in [0.25, 0.3) is 11.3 Å². The molecule has 1 aromatic heterocycles. The molecule has 2 N–H and O–H groups in total. The van der Waals surface area contributed by atoms with E-state index in [-0.39, 0.29) is 11.9 Å². The molecule has 1 amide bonds. The van der Waals surface area contributed by atoms with E-state index in [1.807, 2.05) is 30.3 Å². The molecular weight excluding hydrogens is 278 g/mol. The maximum atomic E-state index is 12.0. The van der Waals surface area contributed by atoms with Crippen LogP contribution in [0.2, 0.25) is 0 Å². The lowest BCUT2D eigenvalue weighted by molar-refractivity contribution is -0.121. The molecule has 1 fully saturated rings. The predicted octanol–water partition coefficient (Wildman–Crippen LogP) is 2.14. The Labute approximate surface area is 130 Å². The minimum atomic E-state index is 0.0631. The molecule has 1 atom stereocenters. The van der Waals surface area contributed by atoms with Crippen molar-refractivity contribution in [2.24, 2.45) is 0 Å². The van der Waals surface area contributed by atoms with Gasteiger partial charge in [-0.25, -0.2) is 4.98 Å². The zero-order valence-corrected chi connectivity index (χ0v) is 12.5. The lowest BCUT2D eigenvalue weighted by Crippen LogP contribution is -2.45. The van der Waals surface area contributed by atoms with Gasteiger partial charge in [0.25, 0.3) is 0 Å². The van der Waals surface area contributed by atoms with Gasteiger partial charge in [0.1, 0.15) is 0 Å². The summed E-state index contributed by atoms with van der Waals surface area (Å²) in [6.07, 6.45) is 4.82. The summed E-state index contributed by atoms with van der Waals surface area (Å²) in [6.45, 7) is 1.91. The number of amides is 1. The van der Waals surface area contributed by atoms with E-state index in [9.17, 15) is 4.79 Å². The number of nitrogens with zero attached hydrogens (tertiary/aromatic N) is 1. The third kappa shape index (κ3) is 3.95. The highest BCUT2D eigenvalue weighted by atomic mass is 16.4. The molecule has 1 aromatic carbocycles. The fourth-order valence-corrected chi connectivity index (χ4v) is 2.66. The van der Waals surface area contributed by atoms with Crippen molar-refractivity contribution in [3.05, 3.63) is 42.4 Å². The lowest BCUT2D eigenvalue weighted by atomic mass is 10.1. The van der Waals surface area contributed by atoms with E-state index < -0.39 is 0 Å². The second-order valence-electron chi connectivity index (χ2n) is 5.60. The average Bonchev–Trinajstić information content (AvgIpc) is 3.04. The average molecular weight is 299 g/mol. The Bertz CT molecular complexity index is 603. The number of benzene rings is 1. The Morgan fingerprint density at radius 2 is 2.23 bits per heavy atom. The second-order valence-corrected chi connectivity index (χ2v) is 5.60. The molecule has 2 heterocycles. The number of carbonyl (C=O) groups excluding carboxylic acids is 1. The van der Waals surface area contributed by atoms with E-state index >= 15 is 0 Å². The summed E-state index contributed by atoms with van der Waals surface area (Å²) in [6, 6.07) is 10.1. The molecule has 0 radical (unpaired) electrons. The quantitative estimate of drug-likeness (QED) is 0.887. The number of aromatic nitrogens is 1. The van der Waals surface area contributed by atoms with Gasteiger partial charge in [-0.15, -0.1) is 0 Å². The molecule has 0 spiro atoms. The van der Waals surface area contributed by atoms with Gasteiger partial charge in [0.05, 0.1) is 6.20 Å². The first-order chi connectivity index (χ1) is 10.8. The van der Waals surface area contributed by atoms with Gasteiger partial charge in [0.2, 0.25) is 5.91 Å². The van der Waals surface area contributed by atoms with Crippen molar-refractivity contribution in [2.75, 3.05) is 13.1 Å². The Balaban J connectivity index is 1.49. The summed E-state index contributed by atoms with van der Waals surface area (Å²) in [5.41, 5.74) is 0.999. The molecule has 0 aliphatic carbocycles. The summed E-state index contributed by atoms with van der Waals surface area (Å²) in [5, 5.41) is 6.35. The maximum Gasteiger partial charge on any atom is 0.220 e. The van der Waals surface area contributed by atoms with E-state index in [2.05, 4.69) is 15.6 Å². The van der Waals surface area contributed by atoms with Crippen LogP contribution >= 0.6 is 0 Å². The van der Waals surface area contributed by atoms with Crippen molar-refractivity contribution >= 4 is 5.91 Å². The van der Waals surface area contributed by atoms with Gasteiger partial charge in [-0.2, -0.15) is 0 Å². The maximum absolute atomic E-state index is 12.0. The van der Waals surface area contributed by atoms with Crippen LogP contribution in [-0.2, 0) is 11.2 Å². The van der Waals surface area contributed by atoms with Crippen molar-refractivity contribution < 1.29 is 9.21 Å². The van der Waals surface area contributed by atoms with Crippen LogP contribution in [0.1, 0.15) is 25.2 Å². The Hall–Kier alpha value is -2.14. The molecule has 22 heavy (non-hydrogen) atoms. The van der Waals surface area contributed by atoms with Gasteiger partial charge in [0.15, 0.2) is 11.7 Å². The largest absolute Gasteiger partial charge is 0.441 e. The molecule has 0 saturated carbocycles. The van der Waals surface area contributed by atoms with E-state index in [1.54, 1.807) is 6.20 Å². The van der Waals surface area contributed by atoms with Crippen molar-refractivity contribution in [2.45, 2.75) is 31.7 Å². The van der Waals surface area contributed by atoms with Crippen LogP contribution < -0.4 is 10.6 Å². The van der Waals surface area contributed by atoms with Gasteiger partial charge in [-0.1, -0.05) is 30.3 Å². The van der Waals surface area contributed by atoms with Crippen LogP contribution in [0.4, 0.5) is 0 Å². The van der Waals surface area contributed by atoms with Crippen LogP contribution in [0.3, 0.4) is 0 Å². The summed E-state index contributed by atoms with van der Waals surface area (Å²) in [7, 11) is 0. The lowest BCUT2D eigenvalue weighted by Gasteiger charge is -2.23. The van der Waals surface area contributed by atoms with Crippen molar-refractivity contribution in [1.82, 2.24) is 15.6 Å². The Morgan fingerprint density at radius 1 is 1.36 bits per heavy atom. The van der Waals surface area contributed by atoms with Crippen LogP contribution in [0, 0.1) is 0 Å². The van der Waals surface area contributed by atoms with E-state index in [4.69, 9.17) is 4.42 Å². The number of rotatable bonds is 5. The van der Waals surface area contributed by atoms with Gasteiger partial charge in [0, 0.05) is 31.0 Å². The first-order valence-electron chi connectivity index (χ1n) is 7.81. The Morgan fingerprint density at radius 3 is 3.00 bits per heavy atom. The van der Waals surface area contributed by atoms with Crippen molar-refractivity contribution in [1.29, 1.82) is 0 Å². The summed E-state index contributed by atoms with van der Waals surface area (Å²) >= 11 is 0. The normalized spacial score (nSPS) is 18.1. The Kier molecular flexibility index (Phi) is 4.85. The smallest absolute Gasteiger partial charge is 0.220 e. The molecule has 1 saturated heterocycles. The summed E-state index contributed by atoms with van der Waals surface area (Å²) < 4.78 is 5.71. The zero-order chi connectivity index (χ0) is 15.2. The third-order valence-electron chi connectivity index (χ3n) is 3.84. The van der Waals surface area contributed by atoms with Gasteiger partial charge < -0.3 is 15.1 Å². The third-order valence-corrected chi connectivity index (χ3v) is 3.84.